The van der Waals surface area contributed by atoms with E-state index in [-0.39, 0.29) is 12.0 Å². The molecule has 0 unspecified atom stereocenters. The Labute approximate surface area is 78.7 Å². The maximum absolute atomic E-state index is 9.37. The molecule has 0 saturated heterocycles. The summed E-state index contributed by atoms with van der Waals surface area (Å²) in [5.41, 5.74) is 2.57. The summed E-state index contributed by atoms with van der Waals surface area (Å²) in [4.78, 5) is 0. The van der Waals surface area contributed by atoms with Crippen LogP contribution < -0.4 is 0 Å². The Morgan fingerprint density at radius 1 is 1.38 bits per heavy atom. The van der Waals surface area contributed by atoms with E-state index in [1.54, 1.807) is 0 Å². The summed E-state index contributed by atoms with van der Waals surface area (Å²) in [6, 6.07) is 10.2. The summed E-state index contributed by atoms with van der Waals surface area (Å²) in [6.45, 7) is 2.27. The molecule has 1 N–H and O–H groups in total. The predicted molar refractivity (Wildman–Crippen MR) is 53.6 cm³/mol. The zero-order valence-corrected chi connectivity index (χ0v) is 7.83. The van der Waals surface area contributed by atoms with Gasteiger partial charge in [0.05, 0.1) is 6.61 Å². The van der Waals surface area contributed by atoms with Gasteiger partial charge in [-0.1, -0.05) is 42.0 Å². The third-order valence-corrected chi connectivity index (χ3v) is 2.93. The number of allylic oxidation sites excluding steroid dienone is 1. The molecule has 1 aromatic carbocycles. The molecule has 2 rings (SSSR count). The molecule has 1 saturated carbocycles. The summed E-state index contributed by atoms with van der Waals surface area (Å²) in [5, 5.41) is 9.37. The molecule has 0 radical (unpaired) electrons. The van der Waals surface area contributed by atoms with E-state index in [4.69, 9.17) is 0 Å². The molecule has 0 heterocycles. The number of aliphatic hydroxyl groups excluding tert-OH is 1. The molecule has 1 aliphatic carbocycles. The van der Waals surface area contributed by atoms with Crippen LogP contribution >= 0.6 is 0 Å². The topological polar surface area (TPSA) is 20.2 Å². The summed E-state index contributed by atoms with van der Waals surface area (Å²) in [6.07, 6.45) is 3.13. The van der Waals surface area contributed by atoms with Gasteiger partial charge in [0.1, 0.15) is 0 Å². The first-order valence-corrected chi connectivity index (χ1v) is 4.65. The Morgan fingerprint density at radius 2 is 2.08 bits per heavy atom. The first kappa shape index (κ1) is 8.52. The van der Waals surface area contributed by atoms with Crippen molar-refractivity contribution in [1.82, 2.24) is 0 Å². The molecule has 1 fully saturated rings. The van der Waals surface area contributed by atoms with Crippen LogP contribution in [0.1, 0.15) is 18.9 Å². The average molecular weight is 174 g/mol. The van der Waals surface area contributed by atoms with Crippen molar-refractivity contribution in [3.05, 3.63) is 47.5 Å². The van der Waals surface area contributed by atoms with Gasteiger partial charge in [-0.3, -0.25) is 0 Å². The minimum absolute atomic E-state index is 0.0317. The Morgan fingerprint density at radius 3 is 2.54 bits per heavy atom. The molecular weight excluding hydrogens is 160 g/mol. The third kappa shape index (κ3) is 1.20. The fourth-order valence-electron chi connectivity index (χ4n) is 1.95. The molecule has 1 nitrogen and oxygen atoms in total. The lowest BCUT2D eigenvalue weighted by molar-refractivity contribution is 0.261. The molecule has 0 bridgehead atoms. The molecule has 1 atom stereocenters. The summed E-state index contributed by atoms with van der Waals surface area (Å²) in [7, 11) is 0. The quantitative estimate of drug-likeness (QED) is 0.682. The molecule has 0 spiro atoms. The van der Waals surface area contributed by atoms with Crippen LogP contribution in [0.15, 0.2) is 42.0 Å². The van der Waals surface area contributed by atoms with Crippen LogP contribution in [0.3, 0.4) is 0 Å². The standard InChI is InChI=1S/C12H14O/c1-2-10-8-12(10,9-13)11-6-4-3-5-7-11/h2-7,13H,8-9H2,1H3/b10-2+/t12-/m0/s1. The van der Waals surface area contributed by atoms with E-state index in [9.17, 15) is 5.11 Å². The highest BCUT2D eigenvalue weighted by Gasteiger charge is 2.48. The normalized spacial score (nSPS) is 29.2. The minimum Gasteiger partial charge on any atom is -0.395 e. The zero-order chi connectivity index (χ0) is 9.31. The van der Waals surface area contributed by atoms with Crippen LogP contribution in [0.4, 0.5) is 0 Å². The second kappa shape index (κ2) is 3.00. The van der Waals surface area contributed by atoms with Crippen molar-refractivity contribution in [1.29, 1.82) is 0 Å². The highest BCUT2D eigenvalue weighted by Crippen LogP contribution is 2.53. The maximum Gasteiger partial charge on any atom is 0.0568 e. The average Bonchev–Trinajstić information content (AvgIpc) is 2.94. The first-order chi connectivity index (χ1) is 6.33. The largest absolute Gasteiger partial charge is 0.395 e. The number of benzene rings is 1. The fraction of sp³-hybridized carbons (Fsp3) is 0.333. The lowest BCUT2D eigenvalue weighted by atomic mass is 9.96. The van der Waals surface area contributed by atoms with Crippen molar-refractivity contribution in [3.63, 3.8) is 0 Å². The molecular formula is C12H14O. The van der Waals surface area contributed by atoms with Gasteiger partial charge in [0.25, 0.3) is 0 Å². The molecule has 0 aliphatic heterocycles. The maximum atomic E-state index is 9.37. The van der Waals surface area contributed by atoms with Crippen molar-refractivity contribution in [2.45, 2.75) is 18.8 Å². The van der Waals surface area contributed by atoms with Gasteiger partial charge in [-0.2, -0.15) is 0 Å². The summed E-state index contributed by atoms with van der Waals surface area (Å²) >= 11 is 0. The highest BCUT2D eigenvalue weighted by atomic mass is 16.3. The van der Waals surface area contributed by atoms with Gasteiger partial charge in [-0.25, -0.2) is 0 Å². The van der Waals surface area contributed by atoms with Crippen LogP contribution in [0, 0.1) is 0 Å². The second-order valence-corrected chi connectivity index (χ2v) is 3.60. The lowest BCUT2D eigenvalue weighted by Gasteiger charge is -2.11. The molecule has 1 aromatic rings. The SMILES string of the molecule is C/C=C1\C[C@@]1(CO)c1ccccc1. The minimum atomic E-state index is -0.0317. The molecule has 68 valence electrons. The lowest BCUT2D eigenvalue weighted by Crippen LogP contribution is -2.12. The van der Waals surface area contributed by atoms with Crippen molar-refractivity contribution >= 4 is 0 Å². The smallest absolute Gasteiger partial charge is 0.0568 e. The van der Waals surface area contributed by atoms with E-state index < -0.39 is 0 Å². The Kier molecular flexibility index (Phi) is 1.97. The van der Waals surface area contributed by atoms with Gasteiger partial charge in [-0.15, -0.1) is 0 Å². The van der Waals surface area contributed by atoms with Crippen molar-refractivity contribution < 1.29 is 5.11 Å². The summed E-state index contributed by atoms with van der Waals surface area (Å²) < 4.78 is 0. The Hall–Kier alpha value is -1.08. The number of rotatable bonds is 2. The molecule has 0 aromatic heterocycles. The van der Waals surface area contributed by atoms with Gasteiger partial charge in [0.15, 0.2) is 0 Å². The van der Waals surface area contributed by atoms with Gasteiger partial charge in [-0.05, 0) is 18.9 Å². The number of hydrogen-bond acceptors (Lipinski definition) is 1. The van der Waals surface area contributed by atoms with Gasteiger partial charge >= 0.3 is 0 Å². The molecule has 1 aliphatic rings. The third-order valence-electron chi connectivity index (χ3n) is 2.93. The first-order valence-electron chi connectivity index (χ1n) is 4.65. The second-order valence-electron chi connectivity index (χ2n) is 3.60. The van der Waals surface area contributed by atoms with E-state index in [1.165, 1.54) is 11.1 Å². The van der Waals surface area contributed by atoms with E-state index in [2.05, 4.69) is 18.2 Å². The van der Waals surface area contributed by atoms with Crippen molar-refractivity contribution in [2.24, 2.45) is 0 Å². The Balaban J connectivity index is 2.36. The zero-order valence-electron chi connectivity index (χ0n) is 7.83. The summed E-state index contributed by atoms with van der Waals surface area (Å²) in [5.74, 6) is 0. The highest BCUT2D eigenvalue weighted by molar-refractivity contribution is 5.49. The van der Waals surface area contributed by atoms with E-state index in [1.807, 2.05) is 25.1 Å². The van der Waals surface area contributed by atoms with Crippen LogP contribution in [0.25, 0.3) is 0 Å². The van der Waals surface area contributed by atoms with Crippen molar-refractivity contribution in [2.75, 3.05) is 6.61 Å². The van der Waals surface area contributed by atoms with E-state index in [0.29, 0.717) is 0 Å². The Bertz CT molecular complexity index is 326. The van der Waals surface area contributed by atoms with E-state index in [0.717, 1.165) is 6.42 Å². The van der Waals surface area contributed by atoms with Crippen LogP contribution in [-0.2, 0) is 5.41 Å². The molecule has 13 heavy (non-hydrogen) atoms. The van der Waals surface area contributed by atoms with Crippen LogP contribution in [-0.4, -0.2) is 11.7 Å². The monoisotopic (exact) mass is 174 g/mol. The van der Waals surface area contributed by atoms with Gasteiger partial charge < -0.3 is 5.11 Å². The molecule has 0 amide bonds. The van der Waals surface area contributed by atoms with E-state index >= 15 is 0 Å². The van der Waals surface area contributed by atoms with Crippen molar-refractivity contribution in [3.8, 4) is 0 Å². The van der Waals surface area contributed by atoms with Crippen LogP contribution in [0.5, 0.6) is 0 Å². The predicted octanol–water partition coefficient (Wildman–Crippen LogP) is 2.27. The molecule has 1 heteroatoms. The number of aliphatic hydroxyl groups is 1. The fourth-order valence-corrected chi connectivity index (χ4v) is 1.95. The van der Waals surface area contributed by atoms with Gasteiger partial charge in [0, 0.05) is 5.41 Å². The van der Waals surface area contributed by atoms with Gasteiger partial charge in [0.2, 0.25) is 0 Å². The number of hydrogen-bond donors (Lipinski definition) is 1. The van der Waals surface area contributed by atoms with Crippen LogP contribution in [0.2, 0.25) is 0 Å².